The van der Waals surface area contributed by atoms with Crippen LogP contribution in [-0.4, -0.2) is 27.7 Å². The number of aromatic nitrogens is 3. The van der Waals surface area contributed by atoms with Gasteiger partial charge in [0.05, 0.1) is 0 Å². The van der Waals surface area contributed by atoms with Gasteiger partial charge in [0, 0.05) is 16.3 Å². The monoisotopic (exact) mass is 382 g/mol. The maximum absolute atomic E-state index is 6.18. The quantitative estimate of drug-likeness (QED) is 0.659. The maximum atomic E-state index is 6.18. The molecule has 0 radical (unpaired) electrons. The van der Waals surface area contributed by atoms with Gasteiger partial charge in [0.1, 0.15) is 0 Å². The number of fused-ring (bicyclic) bond motifs is 3. The molecule has 7 heteroatoms. The Morgan fingerprint density at radius 1 is 1.15 bits per heavy atom. The molecule has 0 spiro atoms. The van der Waals surface area contributed by atoms with Crippen molar-refractivity contribution >= 4 is 35.1 Å². The minimum Gasteiger partial charge on any atom is -0.448 e. The summed E-state index contributed by atoms with van der Waals surface area (Å²) in [5, 5.41) is 13.0. The van der Waals surface area contributed by atoms with E-state index < -0.39 is 6.23 Å². The van der Waals surface area contributed by atoms with Crippen molar-refractivity contribution in [3.8, 4) is 17.1 Å². The molecule has 0 unspecified atom stereocenters. The largest absolute Gasteiger partial charge is 0.448 e. The van der Waals surface area contributed by atoms with E-state index in [1.807, 2.05) is 66.9 Å². The summed E-state index contributed by atoms with van der Waals surface area (Å²) in [6.45, 7) is 0. The van der Waals surface area contributed by atoms with Crippen molar-refractivity contribution in [2.45, 2.75) is 11.4 Å². The predicted molar refractivity (Wildman–Crippen MR) is 106 cm³/mol. The van der Waals surface area contributed by atoms with Gasteiger partial charge in [0.25, 0.3) is 0 Å². The zero-order chi connectivity index (χ0) is 17.9. The molecular formula is C19H15ClN4OS. The second-order valence-electron chi connectivity index (χ2n) is 5.59. The highest BCUT2D eigenvalue weighted by Crippen LogP contribution is 2.37. The van der Waals surface area contributed by atoms with Gasteiger partial charge >= 0.3 is 0 Å². The van der Waals surface area contributed by atoms with E-state index in [1.165, 1.54) is 11.8 Å². The van der Waals surface area contributed by atoms with Gasteiger partial charge in [0.15, 0.2) is 11.9 Å². The molecule has 4 rings (SSSR count). The molecule has 26 heavy (non-hydrogen) atoms. The first-order chi connectivity index (χ1) is 12.7. The number of rotatable bonds is 3. The molecule has 1 aliphatic heterocycles. The van der Waals surface area contributed by atoms with Crippen molar-refractivity contribution < 1.29 is 4.74 Å². The number of ether oxygens (including phenoxy) is 1. The van der Waals surface area contributed by atoms with Gasteiger partial charge in [-0.3, -0.25) is 0 Å². The fourth-order valence-electron chi connectivity index (χ4n) is 2.63. The van der Waals surface area contributed by atoms with Crippen LogP contribution in [0.4, 0.5) is 5.69 Å². The first-order valence-electron chi connectivity index (χ1n) is 7.98. The van der Waals surface area contributed by atoms with Crippen LogP contribution in [0.1, 0.15) is 5.56 Å². The molecule has 2 heterocycles. The summed E-state index contributed by atoms with van der Waals surface area (Å²) in [7, 11) is 0. The van der Waals surface area contributed by atoms with E-state index >= 15 is 0 Å². The van der Waals surface area contributed by atoms with Crippen molar-refractivity contribution in [3.63, 3.8) is 0 Å². The second kappa shape index (κ2) is 7.35. The lowest BCUT2D eigenvalue weighted by atomic mass is 10.1. The van der Waals surface area contributed by atoms with E-state index in [0.29, 0.717) is 21.8 Å². The summed E-state index contributed by atoms with van der Waals surface area (Å²) >= 11 is 7.59. The topological polar surface area (TPSA) is 59.9 Å². The summed E-state index contributed by atoms with van der Waals surface area (Å²) in [5.74, 6) is 0.431. The Bertz CT molecular complexity index is 965. The van der Waals surface area contributed by atoms with E-state index in [2.05, 4.69) is 20.5 Å². The van der Waals surface area contributed by atoms with Crippen LogP contribution in [0.2, 0.25) is 5.02 Å². The highest BCUT2D eigenvalue weighted by molar-refractivity contribution is 7.98. The lowest BCUT2D eigenvalue weighted by Crippen LogP contribution is -2.23. The Morgan fingerprint density at radius 3 is 2.81 bits per heavy atom. The number of benzene rings is 2. The summed E-state index contributed by atoms with van der Waals surface area (Å²) < 4.78 is 6.08. The van der Waals surface area contributed by atoms with Gasteiger partial charge in [-0.2, -0.15) is 4.98 Å². The molecule has 5 nitrogen and oxygen atoms in total. The number of anilines is 1. The van der Waals surface area contributed by atoms with E-state index in [9.17, 15) is 0 Å². The predicted octanol–water partition coefficient (Wildman–Crippen LogP) is 4.76. The third kappa shape index (κ3) is 3.52. The molecule has 130 valence electrons. The molecule has 1 atom stereocenters. The van der Waals surface area contributed by atoms with Gasteiger partial charge in [-0.05, 0) is 36.1 Å². The average Bonchev–Trinajstić information content (AvgIpc) is 2.83. The lowest BCUT2D eigenvalue weighted by Gasteiger charge is -2.15. The molecule has 0 bridgehead atoms. The van der Waals surface area contributed by atoms with Crippen molar-refractivity contribution in [1.29, 1.82) is 0 Å². The van der Waals surface area contributed by atoms with Gasteiger partial charge in [-0.15, -0.1) is 10.2 Å². The van der Waals surface area contributed by atoms with Crippen molar-refractivity contribution in [1.82, 2.24) is 15.2 Å². The Balaban J connectivity index is 1.75. The van der Waals surface area contributed by atoms with Gasteiger partial charge in [-0.1, -0.05) is 59.8 Å². The molecule has 0 saturated heterocycles. The zero-order valence-corrected chi connectivity index (χ0v) is 15.5. The fourth-order valence-corrected chi connectivity index (χ4v) is 3.10. The minimum absolute atomic E-state index is 0.400. The first kappa shape index (κ1) is 16.9. The third-order valence-electron chi connectivity index (χ3n) is 3.85. The molecule has 0 aliphatic carbocycles. The number of halogens is 1. The number of hydrogen-bond acceptors (Lipinski definition) is 6. The van der Waals surface area contributed by atoms with Crippen LogP contribution in [0.5, 0.6) is 5.88 Å². The van der Waals surface area contributed by atoms with Gasteiger partial charge < -0.3 is 10.1 Å². The number of thioether (sulfide) groups is 1. The number of hydrogen-bond donors (Lipinski definition) is 1. The molecule has 0 amide bonds. The zero-order valence-electron chi connectivity index (χ0n) is 13.9. The molecule has 0 saturated carbocycles. The molecular weight excluding hydrogens is 368 g/mol. The molecule has 3 aromatic rings. The molecule has 1 N–H and O–H groups in total. The first-order valence-corrected chi connectivity index (χ1v) is 9.58. The van der Waals surface area contributed by atoms with Gasteiger partial charge in [-0.25, -0.2) is 0 Å². The summed E-state index contributed by atoms with van der Waals surface area (Å²) in [4.78, 5) is 4.48. The van der Waals surface area contributed by atoms with Crippen LogP contribution in [0, 0.1) is 0 Å². The maximum Gasteiger partial charge on any atom is 0.247 e. The summed E-state index contributed by atoms with van der Waals surface area (Å²) in [6, 6.07) is 15.6. The van der Waals surface area contributed by atoms with Crippen LogP contribution in [0.15, 0.2) is 59.8 Å². The van der Waals surface area contributed by atoms with E-state index in [1.54, 1.807) is 0 Å². The highest BCUT2D eigenvalue weighted by Gasteiger charge is 2.24. The van der Waals surface area contributed by atoms with Crippen molar-refractivity contribution in [2.24, 2.45) is 0 Å². The van der Waals surface area contributed by atoms with E-state index in [-0.39, 0.29) is 0 Å². The van der Waals surface area contributed by atoms with Crippen LogP contribution in [0.25, 0.3) is 17.3 Å². The lowest BCUT2D eigenvalue weighted by molar-refractivity contribution is 0.266. The van der Waals surface area contributed by atoms with Crippen LogP contribution < -0.4 is 10.1 Å². The van der Waals surface area contributed by atoms with Crippen molar-refractivity contribution in [3.05, 3.63) is 65.2 Å². The Kier molecular flexibility index (Phi) is 4.77. The Hall–Kier alpha value is -2.57. The third-order valence-corrected chi connectivity index (χ3v) is 4.63. The Labute approximate surface area is 160 Å². The van der Waals surface area contributed by atoms with E-state index in [4.69, 9.17) is 16.3 Å². The number of nitrogens with one attached hydrogen (secondary N) is 1. The summed E-state index contributed by atoms with van der Waals surface area (Å²) in [6.07, 6.45) is 5.45. The summed E-state index contributed by atoms with van der Waals surface area (Å²) in [5.41, 5.74) is 3.34. The van der Waals surface area contributed by atoms with Crippen LogP contribution >= 0.6 is 23.4 Å². The van der Waals surface area contributed by atoms with Crippen LogP contribution in [-0.2, 0) is 0 Å². The van der Waals surface area contributed by atoms with E-state index in [0.717, 1.165) is 16.8 Å². The highest BCUT2D eigenvalue weighted by atomic mass is 35.5. The average molecular weight is 383 g/mol. The minimum atomic E-state index is -0.400. The molecule has 2 aromatic carbocycles. The van der Waals surface area contributed by atoms with Crippen LogP contribution in [0.3, 0.4) is 0 Å². The van der Waals surface area contributed by atoms with Gasteiger partial charge in [0.2, 0.25) is 11.0 Å². The second-order valence-corrected chi connectivity index (χ2v) is 6.80. The van der Waals surface area contributed by atoms with Crippen molar-refractivity contribution in [2.75, 3.05) is 11.6 Å². The Morgan fingerprint density at radius 2 is 2.00 bits per heavy atom. The smallest absolute Gasteiger partial charge is 0.247 e. The molecule has 1 aliphatic rings. The SMILES string of the molecule is CSc1nnc2c(n1)O[C@@H](/C=C\c1ccccc1)Nc1ccc(Cl)cc1-2. The fraction of sp³-hybridized carbons (Fsp3) is 0.105. The standard InChI is InChI=1S/C19H15ClN4OS/c1-26-19-22-18-17(23-24-19)14-11-13(20)8-9-15(14)21-16(25-18)10-7-12-5-3-2-4-6-12/h2-11,16,21H,1H3/b10-7-/t16-/m0/s1. The molecule has 1 aromatic heterocycles. The number of nitrogens with zero attached hydrogens (tertiary/aromatic N) is 3. The molecule has 0 fully saturated rings. The normalized spacial score (nSPS) is 15.5.